The summed E-state index contributed by atoms with van der Waals surface area (Å²) < 4.78 is 15.9. The number of nitrogens with one attached hydrogen (secondary N) is 1. The van der Waals surface area contributed by atoms with Gasteiger partial charge in [0.05, 0.1) is 10.2 Å². The maximum absolute atomic E-state index is 13.5. The average molecular weight is 326 g/mol. The molecular formula is C14H17BrFN3. The molecule has 0 atom stereocenters. The smallest absolute Gasteiger partial charge is 0.139 e. The van der Waals surface area contributed by atoms with Gasteiger partial charge in [-0.3, -0.25) is 4.68 Å². The second-order valence-electron chi connectivity index (χ2n) is 4.71. The van der Waals surface area contributed by atoms with Gasteiger partial charge in [0.1, 0.15) is 5.82 Å². The molecule has 1 heterocycles. The van der Waals surface area contributed by atoms with E-state index in [9.17, 15) is 4.39 Å². The van der Waals surface area contributed by atoms with E-state index in [1.54, 1.807) is 6.07 Å². The maximum atomic E-state index is 13.5. The second kappa shape index (κ2) is 5.33. The fourth-order valence-corrected chi connectivity index (χ4v) is 2.55. The van der Waals surface area contributed by atoms with Crippen molar-refractivity contribution in [3.63, 3.8) is 0 Å². The summed E-state index contributed by atoms with van der Waals surface area (Å²) in [5, 5.41) is 7.65. The average Bonchev–Trinajstić information content (AvgIpc) is 2.57. The molecule has 0 saturated heterocycles. The molecule has 1 aromatic carbocycles. The lowest BCUT2D eigenvalue weighted by Crippen LogP contribution is -2.04. The number of hydrogen-bond donors (Lipinski definition) is 1. The number of benzene rings is 1. The number of anilines is 1. The second-order valence-corrected chi connectivity index (χ2v) is 5.56. The Bertz CT molecular complexity index is 620. The van der Waals surface area contributed by atoms with Crippen molar-refractivity contribution in [2.24, 2.45) is 7.05 Å². The van der Waals surface area contributed by atoms with Crippen molar-refractivity contribution in [3.8, 4) is 0 Å². The van der Waals surface area contributed by atoms with Crippen molar-refractivity contribution < 1.29 is 4.39 Å². The summed E-state index contributed by atoms with van der Waals surface area (Å²) in [6.45, 7) is 6.62. The lowest BCUT2D eigenvalue weighted by Gasteiger charge is -2.11. The Hall–Kier alpha value is -1.36. The van der Waals surface area contributed by atoms with Crippen molar-refractivity contribution in [1.82, 2.24) is 9.78 Å². The molecule has 0 aliphatic carbocycles. The third-order valence-electron chi connectivity index (χ3n) is 3.38. The molecule has 0 aliphatic heterocycles. The monoisotopic (exact) mass is 325 g/mol. The van der Waals surface area contributed by atoms with Crippen molar-refractivity contribution in [2.75, 3.05) is 5.32 Å². The van der Waals surface area contributed by atoms with Crippen LogP contribution in [0, 0.1) is 26.6 Å². The van der Waals surface area contributed by atoms with E-state index in [4.69, 9.17) is 0 Å². The molecule has 102 valence electrons. The summed E-state index contributed by atoms with van der Waals surface area (Å²) in [6.07, 6.45) is 0. The summed E-state index contributed by atoms with van der Waals surface area (Å²) in [4.78, 5) is 0. The van der Waals surface area contributed by atoms with Gasteiger partial charge in [0.15, 0.2) is 0 Å². The summed E-state index contributed by atoms with van der Waals surface area (Å²) >= 11 is 3.19. The zero-order valence-corrected chi connectivity index (χ0v) is 13.1. The van der Waals surface area contributed by atoms with Gasteiger partial charge in [-0.2, -0.15) is 5.10 Å². The summed E-state index contributed by atoms with van der Waals surface area (Å²) in [5.74, 6) is -0.257. The molecule has 2 aromatic rings. The summed E-state index contributed by atoms with van der Waals surface area (Å²) in [5.41, 5.74) is 5.10. The first-order valence-electron chi connectivity index (χ1n) is 6.08. The van der Waals surface area contributed by atoms with Crippen LogP contribution in [-0.4, -0.2) is 9.78 Å². The van der Waals surface area contributed by atoms with Crippen LogP contribution in [0.3, 0.4) is 0 Å². The normalized spacial score (nSPS) is 10.8. The Morgan fingerprint density at radius 2 is 2.00 bits per heavy atom. The van der Waals surface area contributed by atoms with Crippen LogP contribution >= 0.6 is 15.9 Å². The first-order chi connectivity index (χ1) is 8.90. The molecule has 3 nitrogen and oxygen atoms in total. The van der Waals surface area contributed by atoms with Crippen molar-refractivity contribution in [2.45, 2.75) is 27.3 Å². The van der Waals surface area contributed by atoms with Gasteiger partial charge in [0.2, 0.25) is 0 Å². The van der Waals surface area contributed by atoms with Crippen molar-refractivity contribution in [1.29, 1.82) is 0 Å². The number of rotatable bonds is 3. The highest BCUT2D eigenvalue weighted by atomic mass is 79.9. The van der Waals surface area contributed by atoms with E-state index in [-0.39, 0.29) is 5.82 Å². The van der Waals surface area contributed by atoms with Crippen molar-refractivity contribution >= 4 is 21.6 Å². The van der Waals surface area contributed by atoms with E-state index in [0.29, 0.717) is 11.0 Å². The number of halogens is 2. The van der Waals surface area contributed by atoms with Gasteiger partial charge in [-0.05, 0) is 54.4 Å². The fraction of sp³-hybridized carbons (Fsp3) is 0.357. The van der Waals surface area contributed by atoms with Gasteiger partial charge in [-0.1, -0.05) is 0 Å². The van der Waals surface area contributed by atoms with Gasteiger partial charge in [0, 0.05) is 30.5 Å². The SMILES string of the molecule is Cc1cc(Br)c(F)cc1NCc1c(C)nn(C)c1C. The minimum absolute atomic E-state index is 0.257. The zero-order valence-electron chi connectivity index (χ0n) is 11.5. The zero-order chi connectivity index (χ0) is 14.2. The number of aromatic nitrogens is 2. The number of nitrogens with zero attached hydrogens (tertiary/aromatic N) is 2. The Morgan fingerprint density at radius 3 is 2.58 bits per heavy atom. The number of aryl methyl sites for hydroxylation is 3. The fourth-order valence-electron chi connectivity index (χ4n) is 2.09. The van der Waals surface area contributed by atoms with E-state index in [2.05, 4.69) is 26.3 Å². The quantitative estimate of drug-likeness (QED) is 0.928. The molecule has 1 aromatic heterocycles. The lowest BCUT2D eigenvalue weighted by atomic mass is 10.1. The molecule has 0 spiro atoms. The van der Waals surface area contributed by atoms with E-state index in [1.165, 1.54) is 6.07 Å². The molecule has 0 aliphatic rings. The Kier molecular flexibility index (Phi) is 3.94. The van der Waals surface area contributed by atoms with Crippen LogP contribution in [0.2, 0.25) is 0 Å². The Labute approximate surface area is 121 Å². The molecule has 19 heavy (non-hydrogen) atoms. The van der Waals surface area contributed by atoms with Crippen LogP contribution in [0.4, 0.5) is 10.1 Å². The lowest BCUT2D eigenvalue weighted by molar-refractivity contribution is 0.621. The van der Waals surface area contributed by atoms with E-state index in [1.807, 2.05) is 32.5 Å². The predicted octanol–water partition coefficient (Wildman–Crippen LogP) is 3.86. The predicted molar refractivity (Wildman–Crippen MR) is 78.8 cm³/mol. The van der Waals surface area contributed by atoms with Crippen LogP contribution in [0.1, 0.15) is 22.5 Å². The highest BCUT2D eigenvalue weighted by molar-refractivity contribution is 9.10. The minimum Gasteiger partial charge on any atom is -0.381 e. The molecule has 1 N–H and O–H groups in total. The third-order valence-corrected chi connectivity index (χ3v) is 3.99. The van der Waals surface area contributed by atoms with Gasteiger partial charge in [0.25, 0.3) is 0 Å². The van der Waals surface area contributed by atoms with Gasteiger partial charge >= 0.3 is 0 Å². The molecule has 2 rings (SSSR count). The first-order valence-corrected chi connectivity index (χ1v) is 6.88. The maximum Gasteiger partial charge on any atom is 0.139 e. The van der Waals surface area contributed by atoms with Crippen LogP contribution in [-0.2, 0) is 13.6 Å². The summed E-state index contributed by atoms with van der Waals surface area (Å²) in [7, 11) is 1.93. The van der Waals surface area contributed by atoms with Gasteiger partial charge in [-0.25, -0.2) is 4.39 Å². The van der Waals surface area contributed by atoms with E-state index >= 15 is 0 Å². The van der Waals surface area contributed by atoms with Crippen LogP contribution in [0.5, 0.6) is 0 Å². The summed E-state index contributed by atoms with van der Waals surface area (Å²) in [6, 6.07) is 3.29. The molecule has 0 bridgehead atoms. The molecular weight excluding hydrogens is 309 g/mol. The molecule has 0 saturated carbocycles. The van der Waals surface area contributed by atoms with Crippen LogP contribution in [0.25, 0.3) is 0 Å². The van der Waals surface area contributed by atoms with Gasteiger partial charge in [-0.15, -0.1) is 0 Å². The third kappa shape index (κ3) is 2.81. The standard InChI is InChI=1S/C14H17BrFN3/c1-8-5-12(15)13(16)6-14(8)17-7-11-9(2)18-19(4)10(11)3/h5-6,17H,7H2,1-4H3. The van der Waals surface area contributed by atoms with E-state index < -0.39 is 0 Å². The Balaban J connectivity index is 2.21. The Morgan fingerprint density at radius 1 is 1.32 bits per heavy atom. The molecule has 0 unspecified atom stereocenters. The molecule has 5 heteroatoms. The minimum atomic E-state index is -0.257. The topological polar surface area (TPSA) is 29.9 Å². The molecule has 0 fully saturated rings. The molecule has 0 radical (unpaired) electrons. The van der Waals surface area contributed by atoms with Crippen LogP contribution in [0.15, 0.2) is 16.6 Å². The first kappa shape index (κ1) is 14.1. The molecule has 0 amide bonds. The largest absolute Gasteiger partial charge is 0.381 e. The highest BCUT2D eigenvalue weighted by Crippen LogP contribution is 2.25. The van der Waals surface area contributed by atoms with Crippen LogP contribution < -0.4 is 5.32 Å². The van der Waals surface area contributed by atoms with E-state index in [0.717, 1.165) is 28.2 Å². The highest BCUT2D eigenvalue weighted by Gasteiger charge is 2.10. The van der Waals surface area contributed by atoms with Gasteiger partial charge < -0.3 is 5.32 Å². The van der Waals surface area contributed by atoms with Crippen molar-refractivity contribution in [3.05, 3.63) is 44.9 Å². The number of hydrogen-bond acceptors (Lipinski definition) is 2.